The highest BCUT2D eigenvalue weighted by atomic mass is 32.1. The molecule has 0 amide bonds. The van der Waals surface area contributed by atoms with Gasteiger partial charge < -0.3 is 0 Å². The Morgan fingerprint density at radius 2 is 1.33 bits per heavy atom. The van der Waals surface area contributed by atoms with Crippen LogP contribution in [0.1, 0.15) is 0 Å². The average molecular weight is 159 g/mol. The standard InChI is InChI=1S/C4HNO2S2/c6-3-1(8)2(9)4(7)5-3/h(H,5,6,7). The highest BCUT2D eigenvalue weighted by Gasteiger charge is 1.96. The van der Waals surface area contributed by atoms with E-state index in [2.05, 4.69) is 24.4 Å². The van der Waals surface area contributed by atoms with Crippen LogP contribution in [0.4, 0.5) is 0 Å². The summed E-state index contributed by atoms with van der Waals surface area (Å²) in [7, 11) is 0. The Hall–Kier alpha value is -0.680. The second-order valence-corrected chi connectivity index (χ2v) is 2.26. The van der Waals surface area contributed by atoms with E-state index >= 15 is 0 Å². The summed E-state index contributed by atoms with van der Waals surface area (Å²) in [6.07, 6.45) is 0. The number of H-pyrrole nitrogens is 1. The zero-order valence-electron chi connectivity index (χ0n) is 4.13. The van der Waals surface area contributed by atoms with Gasteiger partial charge in [-0.3, -0.25) is 14.6 Å². The molecule has 46 valence electrons. The molecular formula is C4HNO2S2. The fourth-order valence-corrected chi connectivity index (χ4v) is 0.710. The molecular weight excluding hydrogens is 158 g/mol. The zero-order chi connectivity index (χ0) is 7.02. The molecule has 0 fully saturated rings. The van der Waals surface area contributed by atoms with E-state index in [4.69, 9.17) is 0 Å². The number of aromatic nitrogens is 1. The molecule has 0 unspecified atom stereocenters. The number of aromatic amines is 1. The van der Waals surface area contributed by atoms with Crippen LogP contribution in [0, 0.1) is 9.02 Å². The summed E-state index contributed by atoms with van der Waals surface area (Å²) < 4.78 is -0.148. The van der Waals surface area contributed by atoms with Crippen molar-refractivity contribution in [2.45, 2.75) is 0 Å². The van der Waals surface area contributed by atoms with Crippen molar-refractivity contribution < 1.29 is 0 Å². The molecule has 0 radical (unpaired) electrons. The van der Waals surface area contributed by atoms with Gasteiger partial charge in [-0.15, -0.1) is 0 Å². The summed E-state index contributed by atoms with van der Waals surface area (Å²) in [6.45, 7) is 0. The largest absolute Gasteiger partial charge is 0.287 e. The molecule has 5 heteroatoms. The van der Waals surface area contributed by atoms with Gasteiger partial charge in [0.2, 0.25) is 0 Å². The molecule has 3 nitrogen and oxygen atoms in total. The van der Waals surface area contributed by atoms with Crippen LogP contribution in [0.25, 0.3) is 0 Å². The molecule has 9 heavy (non-hydrogen) atoms. The number of hydrogen-bond acceptors (Lipinski definition) is 4. The van der Waals surface area contributed by atoms with Gasteiger partial charge in [0.05, 0.1) is 0 Å². The molecule has 1 heterocycles. The molecule has 1 aromatic rings. The van der Waals surface area contributed by atoms with E-state index in [1.165, 1.54) is 0 Å². The number of rotatable bonds is 0. The van der Waals surface area contributed by atoms with Crippen LogP contribution in [0.15, 0.2) is 9.59 Å². The molecule has 1 rings (SSSR count). The first-order valence-electron chi connectivity index (χ1n) is 2.07. The predicted octanol–water partition coefficient (Wildman–Crippen LogP) is 0.0697. The Morgan fingerprint density at radius 3 is 1.44 bits per heavy atom. The van der Waals surface area contributed by atoms with Crippen LogP contribution in [0.2, 0.25) is 0 Å². The van der Waals surface area contributed by atoms with Crippen LogP contribution in [0.5, 0.6) is 0 Å². The Balaban J connectivity index is 4.15. The monoisotopic (exact) mass is 159 g/mol. The summed E-state index contributed by atoms with van der Waals surface area (Å²) in [4.78, 5) is 22.8. The lowest BCUT2D eigenvalue weighted by Crippen LogP contribution is -2.05. The maximum atomic E-state index is 10.4. The van der Waals surface area contributed by atoms with Gasteiger partial charge in [0.25, 0.3) is 11.1 Å². The van der Waals surface area contributed by atoms with Crippen LogP contribution in [-0.2, 0) is 0 Å². The van der Waals surface area contributed by atoms with E-state index in [1.54, 1.807) is 0 Å². The van der Waals surface area contributed by atoms with Crippen LogP contribution in [-0.4, -0.2) is 4.98 Å². The first kappa shape index (κ1) is 6.44. The van der Waals surface area contributed by atoms with Crippen molar-refractivity contribution in [2.75, 3.05) is 0 Å². The Bertz CT molecular complexity index is 371. The molecule has 0 aromatic carbocycles. The first-order chi connectivity index (χ1) is 4.13. The second-order valence-electron chi connectivity index (χ2n) is 1.44. The molecule has 0 saturated carbocycles. The van der Waals surface area contributed by atoms with Gasteiger partial charge in [0.15, 0.2) is 0 Å². The van der Waals surface area contributed by atoms with Gasteiger partial charge in [-0.25, -0.2) is 0 Å². The molecule has 0 atom stereocenters. The van der Waals surface area contributed by atoms with Crippen LogP contribution in [0.3, 0.4) is 0 Å². The van der Waals surface area contributed by atoms with Crippen molar-refractivity contribution in [1.29, 1.82) is 0 Å². The van der Waals surface area contributed by atoms with Crippen LogP contribution >= 0.6 is 24.4 Å². The SMILES string of the molecule is O=c1[nH]c(=O)c(=S)c1=S. The Labute approximate surface area is 59.7 Å². The minimum Gasteiger partial charge on any atom is -0.287 e. The van der Waals surface area contributed by atoms with Gasteiger partial charge >= 0.3 is 0 Å². The minimum atomic E-state index is -0.556. The topological polar surface area (TPSA) is 49.9 Å². The summed E-state index contributed by atoms with van der Waals surface area (Å²) >= 11 is 8.93. The Kier molecular flexibility index (Phi) is 1.38. The molecule has 0 spiro atoms. The minimum absolute atomic E-state index is 0.0741. The van der Waals surface area contributed by atoms with Gasteiger partial charge in [0.1, 0.15) is 9.02 Å². The quantitative estimate of drug-likeness (QED) is 0.544. The normalized spacial score (nSPS) is 9.78. The van der Waals surface area contributed by atoms with E-state index in [0.717, 1.165) is 0 Å². The van der Waals surface area contributed by atoms with E-state index in [-0.39, 0.29) is 9.02 Å². The van der Waals surface area contributed by atoms with E-state index < -0.39 is 11.1 Å². The molecule has 0 aliphatic carbocycles. The van der Waals surface area contributed by atoms with Crippen molar-refractivity contribution in [3.63, 3.8) is 0 Å². The van der Waals surface area contributed by atoms with Crippen molar-refractivity contribution >= 4 is 24.4 Å². The molecule has 1 N–H and O–H groups in total. The lowest BCUT2D eigenvalue weighted by Gasteiger charge is -1.52. The fourth-order valence-electron chi connectivity index (χ4n) is 0.423. The third-order valence-electron chi connectivity index (χ3n) is 0.846. The molecule has 0 aliphatic heterocycles. The Morgan fingerprint density at radius 1 is 1.00 bits per heavy atom. The van der Waals surface area contributed by atoms with Crippen LogP contribution < -0.4 is 11.1 Å². The van der Waals surface area contributed by atoms with Gasteiger partial charge in [-0.1, -0.05) is 24.4 Å². The third kappa shape index (κ3) is 0.883. The highest BCUT2D eigenvalue weighted by Crippen LogP contribution is 1.76. The first-order valence-corrected chi connectivity index (χ1v) is 2.88. The summed E-state index contributed by atoms with van der Waals surface area (Å²) in [5.74, 6) is 0. The van der Waals surface area contributed by atoms with Gasteiger partial charge in [0, 0.05) is 0 Å². The second kappa shape index (κ2) is 1.93. The van der Waals surface area contributed by atoms with Gasteiger partial charge in [-0.2, -0.15) is 0 Å². The summed E-state index contributed by atoms with van der Waals surface area (Å²) in [6, 6.07) is 0. The number of nitrogens with one attached hydrogen (secondary N) is 1. The number of hydrogen-bond donors (Lipinski definition) is 1. The molecule has 0 saturated heterocycles. The van der Waals surface area contributed by atoms with E-state index in [9.17, 15) is 9.59 Å². The van der Waals surface area contributed by atoms with E-state index in [0.29, 0.717) is 0 Å². The maximum absolute atomic E-state index is 10.4. The lowest BCUT2D eigenvalue weighted by molar-refractivity contribution is 1.24. The van der Waals surface area contributed by atoms with Crippen molar-refractivity contribution in [1.82, 2.24) is 4.98 Å². The maximum Gasteiger partial charge on any atom is 0.270 e. The summed E-state index contributed by atoms with van der Waals surface area (Å²) in [5, 5.41) is 0. The molecule has 0 aliphatic rings. The zero-order valence-corrected chi connectivity index (χ0v) is 5.77. The third-order valence-corrected chi connectivity index (χ3v) is 1.75. The summed E-state index contributed by atoms with van der Waals surface area (Å²) in [5.41, 5.74) is -1.11. The van der Waals surface area contributed by atoms with Crippen molar-refractivity contribution in [3.8, 4) is 0 Å². The van der Waals surface area contributed by atoms with Crippen molar-refractivity contribution in [3.05, 3.63) is 29.7 Å². The highest BCUT2D eigenvalue weighted by molar-refractivity contribution is 7.73. The van der Waals surface area contributed by atoms with E-state index in [1.807, 2.05) is 4.98 Å². The van der Waals surface area contributed by atoms with Crippen molar-refractivity contribution in [2.24, 2.45) is 0 Å². The van der Waals surface area contributed by atoms with Gasteiger partial charge in [-0.05, 0) is 0 Å². The molecule has 0 bridgehead atoms. The smallest absolute Gasteiger partial charge is 0.270 e. The molecule has 1 aromatic heterocycles. The average Bonchev–Trinajstić information content (AvgIpc) is 1.98. The lowest BCUT2D eigenvalue weighted by atomic mass is 10.6. The fraction of sp³-hybridized carbons (Fsp3) is 0. The predicted molar refractivity (Wildman–Crippen MR) is 37.4 cm³/mol.